The minimum atomic E-state index is -0.222. The molecule has 1 amide bonds. The lowest BCUT2D eigenvalue weighted by Crippen LogP contribution is -2.20. The first-order valence-corrected chi connectivity index (χ1v) is 10.6. The Balaban J connectivity index is 1.44. The number of aryl methyl sites for hydroxylation is 3. The lowest BCUT2D eigenvalue weighted by molar-refractivity contribution is -0.118. The molecule has 30 heavy (non-hydrogen) atoms. The number of amides is 1. The number of pyridine rings is 1. The molecule has 0 saturated carbocycles. The van der Waals surface area contributed by atoms with Crippen LogP contribution in [0, 0.1) is 20.8 Å². The van der Waals surface area contributed by atoms with Crippen LogP contribution in [0.1, 0.15) is 16.7 Å². The topological polar surface area (TPSA) is 64.1 Å². The molecule has 0 radical (unpaired) electrons. The van der Waals surface area contributed by atoms with Crippen LogP contribution in [-0.2, 0) is 4.79 Å². The van der Waals surface area contributed by atoms with Crippen LogP contribution in [0.25, 0.3) is 20.9 Å². The number of benzene rings is 2. The third-order valence-electron chi connectivity index (χ3n) is 4.69. The molecule has 2 aromatic carbocycles. The standard InChI is InChI=1S/C23H20ClN3O2S/c1-13-9-16(22-27-19-5-4-8-25-23(19)30-22)6-7-18(13)26-20(28)12-29-17-10-14(2)21(24)15(3)11-17/h4-11H,12H2,1-3H3,(H,26,28). The quantitative estimate of drug-likeness (QED) is 0.418. The molecule has 152 valence electrons. The van der Waals surface area contributed by atoms with Crippen molar-refractivity contribution in [3.05, 3.63) is 70.4 Å². The maximum Gasteiger partial charge on any atom is 0.262 e. The second-order valence-corrected chi connectivity index (χ2v) is 8.44. The molecule has 0 atom stereocenters. The fourth-order valence-corrected chi connectivity index (χ4v) is 4.17. The molecule has 2 aromatic heterocycles. The minimum Gasteiger partial charge on any atom is -0.484 e. The van der Waals surface area contributed by atoms with Crippen molar-refractivity contribution in [2.75, 3.05) is 11.9 Å². The molecule has 7 heteroatoms. The number of hydrogen-bond donors (Lipinski definition) is 1. The molecule has 0 aliphatic carbocycles. The number of carbonyl (C=O) groups excluding carboxylic acids is 1. The summed E-state index contributed by atoms with van der Waals surface area (Å²) in [6, 6.07) is 13.3. The van der Waals surface area contributed by atoms with Gasteiger partial charge in [0.1, 0.15) is 21.1 Å². The van der Waals surface area contributed by atoms with Crippen molar-refractivity contribution in [3.63, 3.8) is 0 Å². The van der Waals surface area contributed by atoms with E-state index >= 15 is 0 Å². The lowest BCUT2D eigenvalue weighted by atomic mass is 10.1. The summed E-state index contributed by atoms with van der Waals surface area (Å²) in [5.41, 5.74) is 5.42. The molecule has 1 N–H and O–H groups in total. The van der Waals surface area contributed by atoms with Crippen molar-refractivity contribution in [2.24, 2.45) is 0 Å². The molecule has 0 aliphatic rings. The van der Waals surface area contributed by atoms with Crippen molar-refractivity contribution in [2.45, 2.75) is 20.8 Å². The molecule has 0 spiro atoms. The maximum atomic E-state index is 12.4. The van der Waals surface area contributed by atoms with Gasteiger partial charge in [0.15, 0.2) is 6.61 Å². The highest BCUT2D eigenvalue weighted by molar-refractivity contribution is 7.21. The minimum absolute atomic E-state index is 0.0781. The summed E-state index contributed by atoms with van der Waals surface area (Å²) < 4.78 is 5.64. The smallest absolute Gasteiger partial charge is 0.262 e. The number of fused-ring (bicyclic) bond motifs is 1. The summed E-state index contributed by atoms with van der Waals surface area (Å²) in [6.45, 7) is 5.70. The monoisotopic (exact) mass is 437 g/mol. The Labute approximate surface area is 183 Å². The summed E-state index contributed by atoms with van der Waals surface area (Å²) in [7, 11) is 0. The van der Waals surface area contributed by atoms with Gasteiger partial charge in [-0.2, -0.15) is 0 Å². The molecule has 4 rings (SSSR count). The van der Waals surface area contributed by atoms with E-state index in [1.54, 1.807) is 17.5 Å². The van der Waals surface area contributed by atoms with Crippen molar-refractivity contribution in [1.82, 2.24) is 9.97 Å². The predicted octanol–water partition coefficient (Wildman–Crippen LogP) is 5.95. The Hall–Kier alpha value is -2.96. The van der Waals surface area contributed by atoms with E-state index in [0.717, 1.165) is 43.3 Å². The van der Waals surface area contributed by atoms with Crippen LogP contribution in [0.15, 0.2) is 48.7 Å². The third-order valence-corrected chi connectivity index (χ3v) is 6.32. The van der Waals surface area contributed by atoms with E-state index in [4.69, 9.17) is 16.3 Å². The van der Waals surface area contributed by atoms with Gasteiger partial charge in [0.2, 0.25) is 0 Å². The number of thiazole rings is 1. The highest BCUT2D eigenvalue weighted by Crippen LogP contribution is 2.31. The van der Waals surface area contributed by atoms with Crippen molar-refractivity contribution in [1.29, 1.82) is 0 Å². The number of ether oxygens (including phenoxy) is 1. The number of nitrogens with one attached hydrogen (secondary N) is 1. The molecular weight excluding hydrogens is 418 g/mol. The Morgan fingerprint density at radius 1 is 1.10 bits per heavy atom. The Morgan fingerprint density at radius 2 is 1.87 bits per heavy atom. The van der Waals surface area contributed by atoms with Crippen LogP contribution in [-0.4, -0.2) is 22.5 Å². The SMILES string of the molecule is Cc1cc(-c2nc3cccnc3s2)ccc1NC(=O)COc1cc(C)c(Cl)c(C)c1. The van der Waals surface area contributed by atoms with E-state index in [1.165, 1.54) is 0 Å². The van der Waals surface area contributed by atoms with Gasteiger partial charge >= 0.3 is 0 Å². The number of carbonyl (C=O) groups is 1. The fourth-order valence-electron chi connectivity index (χ4n) is 3.15. The molecule has 0 saturated heterocycles. The van der Waals surface area contributed by atoms with Gasteiger partial charge in [0.25, 0.3) is 5.91 Å². The molecule has 4 aromatic rings. The van der Waals surface area contributed by atoms with E-state index in [1.807, 2.05) is 63.2 Å². The zero-order valence-corrected chi connectivity index (χ0v) is 18.4. The number of anilines is 1. The first-order valence-electron chi connectivity index (χ1n) is 9.42. The number of hydrogen-bond acceptors (Lipinski definition) is 5. The van der Waals surface area contributed by atoms with Gasteiger partial charge in [-0.25, -0.2) is 9.97 Å². The molecule has 0 fully saturated rings. The highest BCUT2D eigenvalue weighted by atomic mass is 35.5. The maximum absolute atomic E-state index is 12.4. The summed E-state index contributed by atoms with van der Waals surface area (Å²) >= 11 is 7.72. The zero-order chi connectivity index (χ0) is 21.3. The average molecular weight is 438 g/mol. The van der Waals surface area contributed by atoms with Gasteiger partial charge < -0.3 is 10.1 Å². The van der Waals surface area contributed by atoms with E-state index in [2.05, 4.69) is 15.3 Å². The largest absolute Gasteiger partial charge is 0.484 e. The zero-order valence-electron chi connectivity index (χ0n) is 16.8. The lowest BCUT2D eigenvalue weighted by Gasteiger charge is -2.12. The summed E-state index contributed by atoms with van der Waals surface area (Å²) in [6.07, 6.45) is 1.77. The first kappa shape index (κ1) is 20.3. The Bertz CT molecular complexity index is 1200. The Morgan fingerprint density at radius 3 is 2.57 bits per heavy atom. The number of rotatable bonds is 5. The van der Waals surface area contributed by atoms with E-state index in [0.29, 0.717) is 10.8 Å². The number of aromatic nitrogens is 2. The summed E-state index contributed by atoms with van der Waals surface area (Å²) in [5.74, 6) is 0.404. The predicted molar refractivity (Wildman–Crippen MR) is 123 cm³/mol. The number of nitrogens with zero attached hydrogens (tertiary/aromatic N) is 2. The van der Waals surface area contributed by atoms with Crippen molar-refractivity contribution in [3.8, 4) is 16.3 Å². The van der Waals surface area contributed by atoms with Gasteiger partial charge in [0.05, 0.1) is 0 Å². The van der Waals surface area contributed by atoms with Crippen LogP contribution in [0.5, 0.6) is 5.75 Å². The van der Waals surface area contributed by atoms with Gasteiger partial charge in [0, 0.05) is 22.5 Å². The van der Waals surface area contributed by atoms with E-state index in [9.17, 15) is 4.79 Å². The second kappa shape index (κ2) is 8.42. The number of halogens is 1. The second-order valence-electron chi connectivity index (χ2n) is 7.08. The molecule has 5 nitrogen and oxygen atoms in total. The molecule has 0 unspecified atom stereocenters. The van der Waals surface area contributed by atoms with Gasteiger partial charge in [-0.1, -0.05) is 22.9 Å². The van der Waals surface area contributed by atoms with Crippen molar-refractivity contribution < 1.29 is 9.53 Å². The third kappa shape index (κ3) is 4.30. The molecular formula is C23H20ClN3O2S. The average Bonchev–Trinajstić information content (AvgIpc) is 3.16. The normalized spacial score (nSPS) is 10.9. The van der Waals surface area contributed by atoms with Crippen LogP contribution in [0.3, 0.4) is 0 Å². The molecule has 2 heterocycles. The fraction of sp³-hybridized carbons (Fsp3) is 0.174. The first-order chi connectivity index (χ1) is 14.4. The van der Waals surface area contributed by atoms with Crippen molar-refractivity contribution >= 4 is 44.9 Å². The van der Waals surface area contributed by atoms with Gasteiger partial charge in [-0.05, 0) is 79.9 Å². The van der Waals surface area contributed by atoms with Crippen LogP contribution in [0.4, 0.5) is 5.69 Å². The van der Waals surface area contributed by atoms with E-state index < -0.39 is 0 Å². The van der Waals surface area contributed by atoms with Crippen LogP contribution < -0.4 is 10.1 Å². The van der Waals surface area contributed by atoms with Gasteiger partial charge in [-0.3, -0.25) is 4.79 Å². The summed E-state index contributed by atoms with van der Waals surface area (Å²) in [5, 5.41) is 4.53. The van der Waals surface area contributed by atoms with Gasteiger partial charge in [-0.15, -0.1) is 0 Å². The van der Waals surface area contributed by atoms with E-state index in [-0.39, 0.29) is 12.5 Å². The summed E-state index contributed by atoms with van der Waals surface area (Å²) in [4.78, 5) is 22.3. The van der Waals surface area contributed by atoms with Crippen LogP contribution >= 0.6 is 22.9 Å². The highest BCUT2D eigenvalue weighted by Gasteiger charge is 2.11. The molecule has 0 aliphatic heterocycles. The Kier molecular flexibility index (Phi) is 5.70. The van der Waals surface area contributed by atoms with Crippen LogP contribution in [0.2, 0.25) is 5.02 Å². The molecule has 0 bridgehead atoms.